The first-order valence-electron chi connectivity index (χ1n) is 12.2. The number of fused-ring (bicyclic) bond motifs is 2. The quantitative estimate of drug-likeness (QED) is 0.401. The maximum absolute atomic E-state index is 16.4. The molecule has 2 aliphatic heterocycles. The van der Waals surface area contributed by atoms with Crippen molar-refractivity contribution in [2.45, 2.75) is 37.1 Å². The largest absolute Gasteiger partial charge is 0.386 e. The van der Waals surface area contributed by atoms with E-state index >= 15 is 4.39 Å². The number of hydrogen-bond donors (Lipinski definition) is 1. The van der Waals surface area contributed by atoms with Crippen LogP contribution in [0.1, 0.15) is 25.0 Å². The number of ether oxygens (including phenoxy) is 1. The zero-order valence-corrected chi connectivity index (χ0v) is 23.8. The molecule has 17 heteroatoms. The molecule has 2 aromatic heterocycles. The number of hydrogen-bond acceptors (Lipinski definition) is 12. The molecule has 4 heterocycles. The fourth-order valence-electron chi connectivity index (χ4n) is 5.55. The monoisotopic (exact) mass is 597 g/mol. The number of halogens is 2. The van der Waals surface area contributed by atoms with Crippen molar-refractivity contribution in [3.05, 3.63) is 17.2 Å². The first-order chi connectivity index (χ1) is 18.0. The van der Waals surface area contributed by atoms with Gasteiger partial charge >= 0.3 is 15.2 Å². The van der Waals surface area contributed by atoms with E-state index in [0.717, 1.165) is 34.4 Å². The van der Waals surface area contributed by atoms with Crippen LogP contribution < -0.4 is 4.90 Å². The first-order valence-corrected chi connectivity index (χ1v) is 16.0. The Morgan fingerprint density at radius 1 is 1.18 bits per heavy atom. The van der Waals surface area contributed by atoms with Crippen molar-refractivity contribution in [3.8, 4) is 0 Å². The van der Waals surface area contributed by atoms with Crippen LogP contribution in [0.2, 0.25) is 5.28 Å². The van der Waals surface area contributed by atoms with Gasteiger partial charge in [-0.3, -0.25) is 9.13 Å². The molecule has 1 saturated carbocycles. The molecule has 0 radical (unpaired) electrons. The highest BCUT2D eigenvalue weighted by Gasteiger charge is 2.54. The number of anilines is 1. The summed E-state index contributed by atoms with van der Waals surface area (Å²) in [4.78, 5) is 10.9. The van der Waals surface area contributed by atoms with Gasteiger partial charge in [0.25, 0.3) is 0 Å². The molecule has 5 rings (SSSR count). The predicted molar refractivity (Wildman–Crippen MR) is 134 cm³/mol. The Labute approximate surface area is 224 Å². The van der Waals surface area contributed by atoms with Crippen molar-refractivity contribution >= 4 is 38.3 Å². The molecule has 1 aliphatic carbocycles. The summed E-state index contributed by atoms with van der Waals surface area (Å²) < 4.78 is 68.4. The van der Waals surface area contributed by atoms with Crippen molar-refractivity contribution in [2.75, 3.05) is 58.4 Å². The van der Waals surface area contributed by atoms with Crippen LogP contribution in [0.4, 0.5) is 10.2 Å². The van der Waals surface area contributed by atoms with E-state index in [4.69, 9.17) is 34.4 Å². The SMILES string of the molecule is COP(=O)(CP(=O)(OC)OC[C@H]1OC[C@](F)(c2cnc3c(N4CC5CCCC5C4)nc(Cl)nn23)C1O)OC. The van der Waals surface area contributed by atoms with E-state index in [-0.39, 0.29) is 11.0 Å². The fourth-order valence-corrected chi connectivity index (χ4v) is 9.74. The molecule has 212 valence electrons. The van der Waals surface area contributed by atoms with Crippen molar-refractivity contribution in [3.63, 3.8) is 0 Å². The van der Waals surface area contributed by atoms with Gasteiger partial charge in [-0.25, -0.2) is 13.9 Å². The molecule has 38 heavy (non-hydrogen) atoms. The zero-order chi connectivity index (χ0) is 27.3. The molecule has 2 aromatic rings. The summed E-state index contributed by atoms with van der Waals surface area (Å²) in [7, 11) is -4.36. The fraction of sp³-hybridized carbons (Fsp3) is 0.762. The Bertz CT molecular complexity index is 1270. The topological polar surface area (TPSA) is 147 Å². The number of nitrogens with zero attached hydrogens (tertiary/aromatic N) is 5. The Hall–Kier alpha value is -1.21. The number of alkyl halides is 1. The van der Waals surface area contributed by atoms with Crippen LogP contribution in [0.15, 0.2) is 6.20 Å². The second-order valence-electron chi connectivity index (χ2n) is 9.80. The molecule has 4 unspecified atom stereocenters. The normalized spacial score (nSPS) is 31.3. The van der Waals surface area contributed by atoms with Gasteiger partial charge in [-0.1, -0.05) is 6.42 Å². The van der Waals surface area contributed by atoms with Gasteiger partial charge in [-0.05, 0) is 36.3 Å². The lowest BCUT2D eigenvalue weighted by molar-refractivity contribution is -0.0142. The van der Waals surface area contributed by atoms with Gasteiger partial charge in [0.15, 0.2) is 17.4 Å². The summed E-state index contributed by atoms with van der Waals surface area (Å²) in [6.45, 7) is 0.577. The third kappa shape index (κ3) is 5.04. The molecule has 0 bridgehead atoms. The second-order valence-corrected chi connectivity index (χ2v) is 15.1. The van der Waals surface area contributed by atoms with Crippen LogP contribution in [-0.2, 0) is 37.6 Å². The number of rotatable bonds is 10. The molecule has 0 aromatic carbocycles. The maximum atomic E-state index is 16.4. The lowest BCUT2D eigenvalue weighted by atomic mass is 9.95. The van der Waals surface area contributed by atoms with Crippen LogP contribution >= 0.6 is 26.8 Å². The van der Waals surface area contributed by atoms with Gasteiger partial charge in [0, 0.05) is 34.4 Å². The molecule has 13 nitrogen and oxygen atoms in total. The third-order valence-corrected chi connectivity index (χ3v) is 12.9. The van der Waals surface area contributed by atoms with Crippen LogP contribution in [0.5, 0.6) is 0 Å². The van der Waals surface area contributed by atoms with E-state index in [2.05, 4.69) is 20.0 Å². The molecule has 1 N–H and O–H groups in total. The van der Waals surface area contributed by atoms with Gasteiger partial charge in [0.2, 0.25) is 11.0 Å². The summed E-state index contributed by atoms with van der Waals surface area (Å²) in [5, 5.41) is 15.0. The van der Waals surface area contributed by atoms with Gasteiger partial charge in [-0.2, -0.15) is 4.98 Å². The molecular formula is C21H31ClFN5O8P2. The lowest BCUT2D eigenvalue weighted by Crippen LogP contribution is -2.40. The van der Waals surface area contributed by atoms with Crippen LogP contribution in [0.25, 0.3) is 5.65 Å². The van der Waals surface area contributed by atoms with E-state index in [1.54, 1.807) is 0 Å². The average molecular weight is 598 g/mol. The minimum Gasteiger partial charge on any atom is -0.386 e. The number of aromatic nitrogens is 4. The molecule has 0 amide bonds. The van der Waals surface area contributed by atoms with Gasteiger partial charge in [-0.15, -0.1) is 5.10 Å². The number of aliphatic hydroxyl groups excluding tert-OH is 1. The molecular weight excluding hydrogens is 567 g/mol. The predicted octanol–water partition coefficient (Wildman–Crippen LogP) is 3.24. The van der Waals surface area contributed by atoms with Gasteiger partial charge in [0.1, 0.15) is 17.9 Å². The Kier molecular flexibility index (Phi) is 7.93. The smallest absolute Gasteiger partial charge is 0.342 e. The van der Waals surface area contributed by atoms with Crippen LogP contribution in [0.3, 0.4) is 0 Å². The molecule has 3 aliphatic rings. The number of aliphatic hydroxyl groups is 1. The third-order valence-electron chi connectivity index (χ3n) is 7.72. The molecule has 0 spiro atoms. The van der Waals surface area contributed by atoms with E-state index < -0.39 is 52.2 Å². The van der Waals surface area contributed by atoms with Gasteiger partial charge < -0.3 is 32.8 Å². The van der Waals surface area contributed by atoms with E-state index in [1.165, 1.54) is 30.0 Å². The second kappa shape index (κ2) is 10.6. The Morgan fingerprint density at radius 2 is 1.84 bits per heavy atom. The molecule has 2 saturated heterocycles. The summed E-state index contributed by atoms with van der Waals surface area (Å²) in [5.41, 5.74) is -2.17. The highest BCUT2D eigenvalue weighted by Crippen LogP contribution is 2.63. The van der Waals surface area contributed by atoms with E-state index in [1.807, 2.05) is 0 Å². The van der Waals surface area contributed by atoms with Crippen molar-refractivity contribution in [2.24, 2.45) is 11.8 Å². The lowest BCUT2D eigenvalue weighted by Gasteiger charge is -2.25. The Morgan fingerprint density at radius 3 is 2.47 bits per heavy atom. The van der Waals surface area contributed by atoms with Crippen molar-refractivity contribution < 1.29 is 41.5 Å². The molecule has 3 fully saturated rings. The standard InChI is InChI=1S/C21H31ClFN5O8P2/c1-32-37(30,33-2)12-38(31,34-3)36-10-15-17(29)21(23,11-35-15)16-7-24-18-19(25-20(22)26-28(16)18)27-8-13-5-4-6-14(13)9-27/h7,13-15,17,29H,4-6,8-12H2,1-3H3/t13?,14?,15-,17?,21+,38?/m1/s1. The zero-order valence-electron chi connectivity index (χ0n) is 21.2. The van der Waals surface area contributed by atoms with E-state index in [9.17, 15) is 14.2 Å². The van der Waals surface area contributed by atoms with Crippen LogP contribution in [-0.4, -0.2) is 90.4 Å². The summed E-state index contributed by atoms with van der Waals surface area (Å²) in [6, 6.07) is 0. The van der Waals surface area contributed by atoms with E-state index in [0.29, 0.717) is 23.3 Å². The first kappa shape index (κ1) is 28.3. The summed E-state index contributed by atoms with van der Waals surface area (Å²) >= 11 is 6.24. The van der Waals surface area contributed by atoms with Crippen LogP contribution in [0, 0.1) is 11.8 Å². The van der Waals surface area contributed by atoms with Crippen molar-refractivity contribution in [1.29, 1.82) is 0 Å². The minimum absolute atomic E-state index is 0.0642. The molecule has 6 atom stereocenters. The number of imidazole rings is 1. The maximum Gasteiger partial charge on any atom is 0.342 e. The summed E-state index contributed by atoms with van der Waals surface area (Å²) in [5.74, 6) is 1.02. The Balaban J connectivity index is 1.35. The van der Waals surface area contributed by atoms with Crippen molar-refractivity contribution in [1.82, 2.24) is 19.6 Å². The van der Waals surface area contributed by atoms with Gasteiger partial charge in [0.05, 0.1) is 19.4 Å². The summed E-state index contributed by atoms with van der Waals surface area (Å²) in [6.07, 6.45) is 1.87. The highest BCUT2D eigenvalue weighted by atomic mass is 35.5. The average Bonchev–Trinajstić information content (AvgIpc) is 3.67. The highest BCUT2D eigenvalue weighted by molar-refractivity contribution is 7.71. The minimum atomic E-state index is -4.00.